The summed E-state index contributed by atoms with van der Waals surface area (Å²) in [5.74, 6) is 0.201. The summed E-state index contributed by atoms with van der Waals surface area (Å²) < 4.78 is 4.30. The normalized spacial score (nSPS) is 7.92. The molecule has 7 heteroatoms. The second kappa shape index (κ2) is 9.77. The van der Waals surface area contributed by atoms with Crippen LogP contribution in [0.3, 0.4) is 0 Å². The fourth-order valence-electron chi connectivity index (χ4n) is 0.651. The van der Waals surface area contributed by atoms with Crippen LogP contribution >= 0.6 is 11.6 Å². The van der Waals surface area contributed by atoms with Gasteiger partial charge in [0.25, 0.3) is 0 Å². The van der Waals surface area contributed by atoms with Crippen LogP contribution in [-0.2, 0) is 0 Å². The molecule has 1 aromatic carbocycles. The minimum atomic E-state index is -2.30. The van der Waals surface area contributed by atoms with E-state index in [0.29, 0.717) is 5.02 Å². The summed E-state index contributed by atoms with van der Waals surface area (Å²) in [5, 5.41) is 20.4. The Labute approximate surface area is 167 Å². The molecule has 0 N–H and O–H groups in total. The molecule has 0 fully saturated rings. The number of hydrogen-bond donors (Lipinski definition) is 0. The van der Waals surface area contributed by atoms with Crippen molar-refractivity contribution < 1.29 is 117 Å². The molecule has 0 amide bonds. The molecular weight excluding hydrogens is 245 g/mol. The van der Waals surface area contributed by atoms with Gasteiger partial charge in [-0.25, -0.2) is 0 Å². The smallest absolute Gasteiger partial charge is 0.860 e. The van der Waals surface area contributed by atoms with Crippen molar-refractivity contribution in [2.24, 2.45) is 0 Å². The molecule has 0 radical (unpaired) electrons. The van der Waals surface area contributed by atoms with Gasteiger partial charge in [0.05, 0.1) is 5.75 Å². The Hall–Kier alpha value is 2.57. The molecule has 1 aromatic rings. The SMILES string of the molecule is [K+].[K+].[O-]B([O-])Oc1cccc(Cl)c1. The first kappa shape index (κ1) is 17.9. The third kappa shape index (κ3) is 8.38. The zero-order chi connectivity index (χ0) is 8.27. The molecule has 0 unspecified atom stereocenters. The molecule has 3 nitrogen and oxygen atoms in total. The van der Waals surface area contributed by atoms with Crippen molar-refractivity contribution in [1.82, 2.24) is 0 Å². The van der Waals surface area contributed by atoms with E-state index in [-0.39, 0.29) is 109 Å². The molecule has 0 spiro atoms. The Morgan fingerprint density at radius 3 is 2.31 bits per heavy atom. The zero-order valence-corrected chi connectivity index (χ0v) is 14.5. The van der Waals surface area contributed by atoms with Gasteiger partial charge < -0.3 is 14.7 Å². The van der Waals surface area contributed by atoms with Crippen molar-refractivity contribution in [2.75, 3.05) is 0 Å². The molecule has 0 saturated heterocycles. The van der Waals surface area contributed by atoms with Crippen LogP contribution in [0.25, 0.3) is 0 Å². The third-order valence-electron chi connectivity index (χ3n) is 1.03. The van der Waals surface area contributed by atoms with E-state index in [1.54, 1.807) is 12.1 Å². The van der Waals surface area contributed by atoms with E-state index in [4.69, 9.17) is 11.6 Å². The van der Waals surface area contributed by atoms with Crippen molar-refractivity contribution in [3.63, 3.8) is 0 Å². The second-order valence-electron chi connectivity index (χ2n) is 1.86. The molecule has 0 atom stereocenters. The molecule has 1 rings (SSSR count). The maximum absolute atomic E-state index is 9.99. The Kier molecular flexibility index (Phi) is 13.5. The van der Waals surface area contributed by atoms with E-state index >= 15 is 0 Å². The van der Waals surface area contributed by atoms with Crippen LogP contribution in [-0.4, -0.2) is 7.32 Å². The van der Waals surface area contributed by atoms with Crippen molar-refractivity contribution in [3.05, 3.63) is 29.3 Å². The molecule has 0 saturated carbocycles. The summed E-state index contributed by atoms with van der Waals surface area (Å²) >= 11 is 5.54. The first-order chi connectivity index (χ1) is 5.18. The first-order valence-corrected chi connectivity index (χ1v) is 3.30. The van der Waals surface area contributed by atoms with Crippen LogP contribution in [0, 0.1) is 0 Å². The fraction of sp³-hybridized carbons (Fsp3) is 0. The predicted molar refractivity (Wildman–Crippen MR) is 37.8 cm³/mol. The van der Waals surface area contributed by atoms with Gasteiger partial charge in [0.15, 0.2) is 0 Å². The van der Waals surface area contributed by atoms with Crippen molar-refractivity contribution >= 4 is 18.9 Å². The number of halogens is 1. The number of hydrogen-bond acceptors (Lipinski definition) is 3. The number of rotatable bonds is 2. The number of benzene rings is 1. The second-order valence-corrected chi connectivity index (χ2v) is 2.30. The summed E-state index contributed by atoms with van der Waals surface area (Å²) in [7, 11) is -2.30. The Balaban J connectivity index is 0. The quantitative estimate of drug-likeness (QED) is 0.489. The Bertz CT molecular complexity index is 249. The molecular formula is C6H4BClK2O3. The van der Waals surface area contributed by atoms with E-state index in [1.165, 1.54) is 12.1 Å². The minimum absolute atomic E-state index is 0. The van der Waals surface area contributed by atoms with E-state index in [1.807, 2.05) is 0 Å². The van der Waals surface area contributed by atoms with Gasteiger partial charge in [-0.15, -0.1) is 0 Å². The Morgan fingerprint density at radius 1 is 1.23 bits per heavy atom. The van der Waals surface area contributed by atoms with E-state index < -0.39 is 7.32 Å². The molecule has 0 aliphatic carbocycles. The van der Waals surface area contributed by atoms with Gasteiger partial charge in [0.2, 0.25) is 0 Å². The van der Waals surface area contributed by atoms with Crippen LogP contribution < -0.4 is 117 Å². The van der Waals surface area contributed by atoms with Gasteiger partial charge >= 0.3 is 103 Å². The molecule has 0 bridgehead atoms. The molecule has 58 valence electrons. The molecule has 0 heterocycles. The van der Waals surface area contributed by atoms with Crippen LogP contribution in [0.4, 0.5) is 0 Å². The average molecular weight is 249 g/mol. The molecule has 13 heavy (non-hydrogen) atoms. The molecule has 0 aliphatic rings. The summed E-state index contributed by atoms with van der Waals surface area (Å²) in [4.78, 5) is 0. The van der Waals surface area contributed by atoms with Gasteiger partial charge in [-0.05, 0) is 18.2 Å². The van der Waals surface area contributed by atoms with E-state index in [9.17, 15) is 10.0 Å². The van der Waals surface area contributed by atoms with Gasteiger partial charge in [-0.3, -0.25) is 0 Å². The maximum atomic E-state index is 9.99. The average Bonchev–Trinajstić information content (AvgIpc) is 1.85. The first-order valence-electron chi connectivity index (χ1n) is 2.92. The summed E-state index contributed by atoms with van der Waals surface area (Å²) in [6, 6.07) is 6.12. The third-order valence-corrected chi connectivity index (χ3v) is 1.26. The van der Waals surface area contributed by atoms with E-state index in [0.717, 1.165) is 0 Å². The largest absolute Gasteiger partial charge is 1.00 e. The van der Waals surface area contributed by atoms with Crippen LogP contribution in [0.2, 0.25) is 5.02 Å². The molecule has 0 aromatic heterocycles. The van der Waals surface area contributed by atoms with E-state index in [2.05, 4.69) is 4.65 Å². The molecule has 0 aliphatic heterocycles. The zero-order valence-electron chi connectivity index (χ0n) is 7.49. The van der Waals surface area contributed by atoms with Gasteiger partial charge in [-0.2, -0.15) is 0 Å². The van der Waals surface area contributed by atoms with Crippen LogP contribution in [0.5, 0.6) is 5.75 Å². The fourth-order valence-corrected chi connectivity index (χ4v) is 0.832. The standard InChI is InChI=1S/C6H4BClO3.2K/c8-5-2-1-3-6(4-5)11-7(9)10;;/h1-4H;;/q-2;2*+1. The summed E-state index contributed by atoms with van der Waals surface area (Å²) in [6.07, 6.45) is 0. The Morgan fingerprint density at radius 2 is 1.85 bits per heavy atom. The van der Waals surface area contributed by atoms with Crippen molar-refractivity contribution in [2.45, 2.75) is 0 Å². The van der Waals surface area contributed by atoms with Crippen LogP contribution in [0.15, 0.2) is 24.3 Å². The monoisotopic (exact) mass is 248 g/mol. The van der Waals surface area contributed by atoms with Crippen LogP contribution in [0.1, 0.15) is 0 Å². The predicted octanol–water partition coefficient (Wildman–Crippen LogP) is -6.57. The van der Waals surface area contributed by atoms with Gasteiger partial charge in [0.1, 0.15) is 7.32 Å². The van der Waals surface area contributed by atoms with Crippen molar-refractivity contribution in [3.8, 4) is 5.75 Å². The topological polar surface area (TPSA) is 55.3 Å². The van der Waals surface area contributed by atoms with Gasteiger partial charge in [0, 0.05) is 5.02 Å². The van der Waals surface area contributed by atoms with Gasteiger partial charge in [-0.1, -0.05) is 17.7 Å². The maximum Gasteiger partial charge on any atom is 1.00 e. The summed E-state index contributed by atoms with van der Waals surface area (Å²) in [5.41, 5.74) is 0. The summed E-state index contributed by atoms with van der Waals surface area (Å²) in [6.45, 7) is 0. The van der Waals surface area contributed by atoms with Crippen molar-refractivity contribution in [1.29, 1.82) is 0 Å². The minimum Gasteiger partial charge on any atom is -0.860 e.